The molecule has 3 rings (SSSR count). The Morgan fingerprint density at radius 2 is 1.84 bits per heavy atom. The number of rotatable bonds is 3. The van der Waals surface area contributed by atoms with E-state index in [1.165, 1.54) is 0 Å². The number of carbonyl (C=O) groups is 1. The Balaban J connectivity index is 1.66. The molecule has 0 saturated heterocycles. The second kappa shape index (κ2) is 5.02. The molecule has 19 heavy (non-hydrogen) atoms. The van der Waals surface area contributed by atoms with Crippen molar-refractivity contribution >= 4 is 5.97 Å². The Kier molecular flexibility index (Phi) is 3.06. The van der Waals surface area contributed by atoms with Crippen LogP contribution in [0.1, 0.15) is 5.56 Å². The average molecular weight is 256 g/mol. The average Bonchev–Trinajstić information content (AvgIpc) is 2.87. The number of fused-ring (bicyclic) bond motifs is 1. The first kappa shape index (κ1) is 11.6. The Labute approximate surface area is 110 Å². The summed E-state index contributed by atoms with van der Waals surface area (Å²) >= 11 is 0. The van der Waals surface area contributed by atoms with Crippen LogP contribution < -0.4 is 14.2 Å². The van der Waals surface area contributed by atoms with Gasteiger partial charge in [0.2, 0.25) is 6.79 Å². The number of ether oxygens (including phenoxy) is 3. The van der Waals surface area contributed by atoms with Gasteiger partial charge in [0.15, 0.2) is 11.5 Å². The number of esters is 1. The van der Waals surface area contributed by atoms with Gasteiger partial charge in [-0.15, -0.1) is 0 Å². The van der Waals surface area contributed by atoms with Crippen molar-refractivity contribution in [1.29, 1.82) is 0 Å². The summed E-state index contributed by atoms with van der Waals surface area (Å²) < 4.78 is 15.7. The fourth-order valence-electron chi connectivity index (χ4n) is 1.87. The molecule has 0 spiro atoms. The second-order valence-electron chi connectivity index (χ2n) is 4.15. The number of carbonyl (C=O) groups excluding carboxylic acids is 1. The van der Waals surface area contributed by atoms with Crippen LogP contribution in [0.2, 0.25) is 0 Å². The molecule has 2 aromatic carbocycles. The van der Waals surface area contributed by atoms with E-state index in [4.69, 9.17) is 14.2 Å². The van der Waals surface area contributed by atoms with Crippen LogP contribution in [0.3, 0.4) is 0 Å². The maximum Gasteiger partial charge on any atom is 0.315 e. The first-order chi connectivity index (χ1) is 9.31. The van der Waals surface area contributed by atoms with Crippen LogP contribution in [0.4, 0.5) is 0 Å². The van der Waals surface area contributed by atoms with Gasteiger partial charge in [0.25, 0.3) is 0 Å². The van der Waals surface area contributed by atoms with Crippen molar-refractivity contribution in [3.8, 4) is 17.2 Å². The van der Waals surface area contributed by atoms with Crippen molar-refractivity contribution in [3.63, 3.8) is 0 Å². The van der Waals surface area contributed by atoms with Crippen LogP contribution in [-0.4, -0.2) is 12.8 Å². The third kappa shape index (κ3) is 2.68. The van der Waals surface area contributed by atoms with E-state index < -0.39 is 0 Å². The Hall–Kier alpha value is -2.49. The minimum absolute atomic E-state index is 0.205. The van der Waals surface area contributed by atoms with Crippen molar-refractivity contribution in [1.82, 2.24) is 0 Å². The Morgan fingerprint density at radius 1 is 1.05 bits per heavy atom. The van der Waals surface area contributed by atoms with Gasteiger partial charge in [-0.25, -0.2) is 0 Å². The summed E-state index contributed by atoms with van der Waals surface area (Å²) in [5.74, 6) is 1.43. The number of hydrogen-bond donors (Lipinski definition) is 0. The normalized spacial score (nSPS) is 12.2. The highest BCUT2D eigenvalue weighted by molar-refractivity contribution is 5.75. The fraction of sp³-hybridized carbons (Fsp3) is 0.133. The van der Waals surface area contributed by atoms with E-state index in [1.807, 2.05) is 30.3 Å². The SMILES string of the molecule is O=C(Cc1ccccc1)Oc1ccc2c(c1)OCO2. The molecule has 0 unspecified atom stereocenters. The quantitative estimate of drug-likeness (QED) is 0.625. The summed E-state index contributed by atoms with van der Waals surface area (Å²) in [6, 6.07) is 14.6. The van der Waals surface area contributed by atoms with Gasteiger partial charge in [0, 0.05) is 6.07 Å². The lowest BCUT2D eigenvalue weighted by molar-refractivity contribution is -0.133. The molecule has 0 atom stereocenters. The first-order valence-corrected chi connectivity index (χ1v) is 5.95. The lowest BCUT2D eigenvalue weighted by Gasteiger charge is -2.05. The predicted molar refractivity (Wildman–Crippen MR) is 68.3 cm³/mol. The standard InChI is InChI=1S/C15H12O4/c16-15(8-11-4-2-1-3-5-11)19-12-6-7-13-14(9-12)18-10-17-13/h1-7,9H,8,10H2. The zero-order chi connectivity index (χ0) is 13.1. The highest BCUT2D eigenvalue weighted by Crippen LogP contribution is 2.35. The van der Waals surface area contributed by atoms with Crippen LogP contribution in [0.15, 0.2) is 48.5 Å². The summed E-state index contributed by atoms with van der Waals surface area (Å²) in [6.07, 6.45) is 0.245. The summed E-state index contributed by atoms with van der Waals surface area (Å²) in [7, 11) is 0. The molecule has 0 fully saturated rings. The zero-order valence-electron chi connectivity index (χ0n) is 10.2. The maximum atomic E-state index is 11.8. The fourth-order valence-corrected chi connectivity index (χ4v) is 1.87. The van der Waals surface area contributed by atoms with E-state index in [0.29, 0.717) is 17.2 Å². The van der Waals surface area contributed by atoms with Crippen molar-refractivity contribution in [2.45, 2.75) is 6.42 Å². The van der Waals surface area contributed by atoms with Gasteiger partial charge >= 0.3 is 5.97 Å². The molecule has 0 saturated carbocycles. The largest absolute Gasteiger partial charge is 0.454 e. The van der Waals surface area contributed by atoms with E-state index in [-0.39, 0.29) is 19.2 Å². The molecule has 0 N–H and O–H groups in total. The predicted octanol–water partition coefficient (Wildman–Crippen LogP) is 2.56. The van der Waals surface area contributed by atoms with Crippen LogP contribution in [0, 0.1) is 0 Å². The molecule has 0 bridgehead atoms. The van der Waals surface area contributed by atoms with Crippen LogP contribution in [-0.2, 0) is 11.2 Å². The van der Waals surface area contributed by atoms with Crippen LogP contribution in [0.25, 0.3) is 0 Å². The molecular formula is C15H12O4. The highest BCUT2D eigenvalue weighted by Gasteiger charge is 2.15. The third-order valence-electron chi connectivity index (χ3n) is 2.77. The molecule has 0 amide bonds. The summed E-state index contributed by atoms with van der Waals surface area (Å²) in [5, 5.41) is 0. The van der Waals surface area contributed by atoms with Gasteiger partial charge < -0.3 is 14.2 Å². The molecular weight excluding hydrogens is 244 g/mol. The lowest BCUT2D eigenvalue weighted by atomic mass is 10.2. The highest BCUT2D eigenvalue weighted by atomic mass is 16.7. The molecule has 0 radical (unpaired) electrons. The Bertz CT molecular complexity index is 592. The van der Waals surface area contributed by atoms with E-state index in [0.717, 1.165) is 5.56 Å². The van der Waals surface area contributed by atoms with Gasteiger partial charge in [-0.05, 0) is 17.7 Å². The van der Waals surface area contributed by atoms with E-state index in [9.17, 15) is 4.79 Å². The molecule has 4 heteroatoms. The molecule has 4 nitrogen and oxygen atoms in total. The van der Waals surface area contributed by atoms with Crippen LogP contribution in [0.5, 0.6) is 17.2 Å². The molecule has 96 valence electrons. The second-order valence-corrected chi connectivity index (χ2v) is 4.15. The van der Waals surface area contributed by atoms with Crippen molar-refractivity contribution in [2.75, 3.05) is 6.79 Å². The third-order valence-corrected chi connectivity index (χ3v) is 2.77. The number of hydrogen-bond acceptors (Lipinski definition) is 4. The summed E-state index contributed by atoms with van der Waals surface area (Å²) in [5.41, 5.74) is 0.924. The molecule has 1 heterocycles. The molecule has 0 aliphatic carbocycles. The summed E-state index contributed by atoms with van der Waals surface area (Å²) in [6.45, 7) is 0.205. The monoisotopic (exact) mass is 256 g/mol. The van der Waals surface area contributed by atoms with Crippen molar-refractivity contribution < 1.29 is 19.0 Å². The van der Waals surface area contributed by atoms with E-state index in [2.05, 4.69) is 0 Å². The smallest absolute Gasteiger partial charge is 0.315 e. The minimum atomic E-state index is -0.301. The van der Waals surface area contributed by atoms with Gasteiger partial charge in [0.1, 0.15) is 5.75 Å². The van der Waals surface area contributed by atoms with Crippen molar-refractivity contribution in [3.05, 3.63) is 54.1 Å². The van der Waals surface area contributed by atoms with Gasteiger partial charge in [-0.1, -0.05) is 30.3 Å². The van der Waals surface area contributed by atoms with Gasteiger partial charge in [0.05, 0.1) is 6.42 Å². The van der Waals surface area contributed by atoms with Gasteiger partial charge in [-0.3, -0.25) is 4.79 Å². The molecule has 1 aliphatic heterocycles. The minimum Gasteiger partial charge on any atom is -0.454 e. The Morgan fingerprint density at radius 3 is 2.68 bits per heavy atom. The molecule has 2 aromatic rings. The first-order valence-electron chi connectivity index (χ1n) is 5.95. The molecule has 0 aromatic heterocycles. The van der Waals surface area contributed by atoms with Crippen molar-refractivity contribution in [2.24, 2.45) is 0 Å². The summed E-state index contributed by atoms with van der Waals surface area (Å²) in [4.78, 5) is 11.8. The van der Waals surface area contributed by atoms with E-state index >= 15 is 0 Å². The maximum absolute atomic E-state index is 11.8. The zero-order valence-corrected chi connectivity index (χ0v) is 10.2. The molecule has 1 aliphatic rings. The van der Waals surface area contributed by atoms with E-state index in [1.54, 1.807) is 18.2 Å². The number of benzene rings is 2. The topological polar surface area (TPSA) is 44.8 Å². The lowest BCUT2D eigenvalue weighted by Crippen LogP contribution is -2.11. The van der Waals surface area contributed by atoms with Crippen LogP contribution >= 0.6 is 0 Å². The van der Waals surface area contributed by atoms with Gasteiger partial charge in [-0.2, -0.15) is 0 Å².